The van der Waals surface area contributed by atoms with Crippen molar-refractivity contribution in [1.82, 2.24) is 0 Å². The molecule has 3 nitrogen and oxygen atoms in total. The SMILES string of the molecule is CC1CCCC(N)(C(=O)C2CCCOC2)C1. The van der Waals surface area contributed by atoms with Gasteiger partial charge in [-0.25, -0.2) is 0 Å². The van der Waals surface area contributed by atoms with E-state index in [0.29, 0.717) is 12.5 Å². The molecule has 2 rings (SSSR count). The first-order chi connectivity index (χ1) is 7.62. The van der Waals surface area contributed by atoms with Crippen LogP contribution in [0.5, 0.6) is 0 Å². The Bertz CT molecular complexity index is 261. The molecule has 1 aliphatic heterocycles. The van der Waals surface area contributed by atoms with Crippen molar-refractivity contribution in [3.63, 3.8) is 0 Å². The van der Waals surface area contributed by atoms with Crippen LogP contribution < -0.4 is 5.73 Å². The summed E-state index contributed by atoms with van der Waals surface area (Å²) in [6, 6.07) is 0. The predicted molar refractivity (Wildman–Crippen MR) is 63.1 cm³/mol. The first kappa shape index (κ1) is 12.1. The lowest BCUT2D eigenvalue weighted by atomic mass is 9.71. The summed E-state index contributed by atoms with van der Waals surface area (Å²) in [5, 5.41) is 0. The second-order valence-corrected chi connectivity index (χ2v) is 5.64. The fraction of sp³-hybridized carbons (Fsp3) is 0.923. The Morgan fingerprint density at radius 1 is 1.38 bits per heavy atom. The average molecular weight is 225 g/mol. The molecule has 0 spiro atoms. The Labute approximate surface area is 97.7 Å². The molecule has 1 saturated heterocycles. The fourth-order valence-corrected chi connectivity index (χ4v) is 3.17. The monoisotopic (exact) mass is 225 g/mol. The number of carbonyl (C=O) groups excluding carboxylic acids is 1. The quantitative estimate of drug-likeness (QED) is 0.780. The molecule has 1 saturated carbocycles. The number of carbonyl (C=O) groups is 1. The zero-order valence-corrected chi connectivity index (χ0v) is 10.2. The summed E-state index contributed by atoms with van der Waals surface area (Å²) >= 11 is 0. The van der Waals surface area contributed by atoms with Gasteiger partial charge in [-0.3, -0.25) is 4.79 Å². The molecule has 3 unspecified atom stereocenters. The highest BCUT2D eigenvalue weighted by atomic mass is 16.5. The van der Waals surface area contributed by atoms with E-state index < -0.39 is 5.54 Å². The topological polar surface area (TPSA) is 52.3 Å². The maximum Gasteiger partial charge on any atom is 0.158 e. The van der Waals surface area contributed by atoms with Gasteiger partial charge in [0.15, 0.2) is 5.78 Å². The van der Waals surface area contributed by atoms with E-state index in [9.17, 15) is 4.79 Å². The molecular formula is C13H23NO2. The summed E-state index contributed by atoms with van der Waals surface area (Å²) in [5.41, 5.74) is 5.77. The van der Waals surface area contributed by atoms with Gasteiger partial charge in [-0.05, 0) is 31.6 Å². The number of ketones is 1. The van der Waals surface area contributed by atoms with Crippen molar-refractivity contribution in [3.05, 3.63) is 0 Å². The minimum Gasteiger partial charge on any atom is -0.381 e. The molecule has 92 valence electrons. The molecule has 1 aliphatic carbocycles. The van der Waals surface area contributed by atoms with Crippen LogP contribution in [0.15, 0.2) is 0 Å². The largest absolute Gasteiger partial charge is 0.381 e. The lowest BCUT2D eigenvalue weighted by Crippen LogP contribution is -2.54. The maximum atomic E-state index is 12.4. The second kappa shape index (κ2) is 4.84. The molecule has 2 N–H and O–H groups in total. The van der Waals surface area contributed by atoms with Crippen LogP contribution in [0, 0.1) is 11.8 Å². The number of nitrogens with two attached hydrogens (primary N) is 1. The van der Waals surface area contributed by atoms with E-state index in [4.69, 9.17) is 10.5 Å². The first-order valence-electron chi connectivity index (χ1n) is 6.53. The average Bonchev–Trinajstić information content (AvgIpc) is 2.29. The Hall–Kier alpha value is -0.410. The standard InChI is InChI=1S/C13H23NO2/c1-10-4-2-6-13(14,8-10)12(15)11-5-3-7-16-9-11/h10-11H,2-9,14H2,1H3. The molecule has 2 fully saturated rings. The van der Waals surface area contributed by atoms with Gasteiger partial charge >= 0.3 is 0 Å². The van der Waals surface area contributed by atoms with Crippen LogP contribution in [-0.2, 0) is 9.53 Å². The van der Waals surface area contributed by atoms with Crippen molar-refractivity contribution in [2.45, 2.75) is 51.0 Å². The van der Waals surface area contributed by atoms with Crippen LogP contribution in [0.25, 0.3) is 0 Å². The zero-order valence-electron chi connectivity index (χ0n) is 10.2. The molecule has 16 heavy (non-hydrogen) atoms. The third-order valence-electron chi connectivity index (χ3n) is 4.05. The summed E-state index contributed by atoms with van der Waals surface area (Å²) < 4.78 is 5.39. The van der Waals surface area contributed by atoms with Crippen molar-refractivity contribution in [1.29, 1.82) is 0 Å². The zero-order chi connectivity index (χ0) is 11.6. The molecule has 0 amide bonds. The minimum atomic E-state index is -0.553. The van der Waals surface area contributed by atoms with E-state index in [1.54, 1.807) is 0 Å². The molecule has 2 aliphatic rings. The lowest BCUT2D eigenvalue weighted by molar-refractivity contribution is -0.134. The number of hydrogen-bond acceptors (Lipinski definition) is 3. The molecule has 1 heterocycles. The third-order valence-corrected chi connectivity index (χ3v) is 4.05. The first-order valence-corrected chi connectivity index (χ1v) is 6.53. The van der Waals surface area contributed by atoms with E-state index in [1.165, 1.54) is 6.42 Å². The number of rotatable bonds is 2. The highest BCUT2D eigenvalue weighted by molar-refractivity contribution is 5.90. The van der Waals surface area contributed by atoms with Gasteiger partial charge in [0.25, 0.3) is 0 Å². The smallest absolute Gasteiger partial charge is 0.158 e. The van der Waals surface area contributed by atoms with Crippen LogP contribution in [0.4, 0.5) is 0 Å². The number of hydrogen-bond donors (Lipinski definition) is 1. The lowest BCUT2D eigenvalue weighted by Gasteiger charge is -2.38. The van der Waals surface area contributed by atoms with E-state index in [2.05, 4.69) is 6.92 Å². The Morgan fingerprint density at radius 2 is 2.19 bits per heavy atom. The molecular weight excluding hydrogens is 202 g/mol. The minimum absolute atomic E-state index is 0.0593. The summed E-state index contributed by atoms with van der Waals surface area (Å²) in [4.78, 5) is 12.4. The molecule has 0 aromatic rings. The van der Waals surface area contributed by atoms with E-state index in [-0.39, 0.29) is 11.7 Å². The van der Waals surface area contributed by atoms with Crippen LogP contribution in [-0.4, -0.2) is 24.5 Å². The van der Waals surface area contributed by atoms with Crippen LogP contribution in [0.1, 0.15) is 45.4 Å². The van der Waals surface area contributed by atoms with Gasteiger partial charge in [0.1, 0.15) is 0 Å². The summed E-state index contributed by atoms with van der Waals surface area (Å²) in [6.45, 7) is 3.59. The Morgan fingerprint density at radius 3 is 2.81 bits per heavy atom. The van der Waals surface area contributed by atoms with Crippen molar-refractivity contribution >= 4 is 5.78 Å². The van der Waals surface area contributed by atoms with Gasteiger partial charge in [-0.1, -0.05) is 19.8 Å². The summed E-state index contributed by atoms with van der Waals surface area (Å²) in [7, 11) is 0. The molecule has 3 atom stereocenters. The Kier molecular flexibility index (Phi) is 3.65. The normalized spacial score (nSPS) is 40.6. The van der Waals surface area contributed by atoms with Gasteiger partial charge < -0.3 is 10.5 Å². The molecule has 0 aromatic carbocycles. The number of Topliss-reactive ketones (excluding diaryl/α,β-unsaturated/α-hetero) is 1. The number of ether oxygens (including phenoxy) is 1. The van der Waals surface area contributed by atoms with Crippen molar-refractivity contribution in [3.8, 4) is 0 Å². The maximum absolute atomic E-state index is 12.4. The van der Waals surface area contributed by atoms with Gasteiger partial charge in [-0.2, -0.15) is 0 Å². The summed E-state index contributed by atoms with van der Waals surface area (Å²) in [6.07, 6.45) is 6.01. The van der Waals surface area contributed by atoms with Gasteiger partial charge in [0, 0.05) is 12.5 Å². The predicted octanol–water partition coefficient (Wildman–Crippen LogP) is 1.89. The van der Waals surface area contributed by atoms with Crippen LogP contribution in [0.2, 0.25) is 0 Å². The highest BCUT2D eigenvalue weighted by Crippen LogP contribution is 2.34. The summed E-state index contributed by atoms with van der Waals surface area (Å²) in [5.74, 6) is 0.912. The van der Waals surface area contributed by atoms with Gasteiger partial charge in [0.2, 0.25) is 0 Å². The van der Waals surface area contributed by atoms with Crippen molar-refractivity contribution in [2.24, 2.45) is 17.6 Å². The highest BCUT2D eigenvalue weighted by Gasteiger charge is 2.41. The van der Waals surface area contributed by atoms with Gasteiger partial charge in [0.05, 0.1) is 12.1 Å². The van der Waals surface area contributed by atoms with Crippen LogP contribution in [0.3, 0.4) is 0 Å². The van der Waals surface area contributed by atoms with E-state index >= 15 is 0 Å². The third kappa shape index (κ3) is 2.46. The van der Waals surface area contributed by atoms with Crippen molar-refractivity contribution in [2.75, 3.05) is 13.2 Å². The second-order valence-electron chi connectivity index (χ2n) is 5.64. The Balaban J connectivity index is 2.01. The molecule has 0 aromatic heterocycles. The van der Waals surface area contributed by atoms with Crippen molar-refractivity contribution < 1.29 is 9.53 Å². The molecule has 0 bridgehead atoms. The van der Waals surface area contributed by atoms with Crippen LogP contribution >= 0.6 is 0 Å². The molecule has 3 heteroatoms. The fourth-order valence-electron chi connectivity index (χ4n) is 3.17. The molecule has 0 radical (unpaired) electrons. The van der Waals surface area contributed by atoms with E-state index in [1.807, 2.05) is 0 Å². The van der Waals surface area contributed by atoms with E-state index in [0.717, 1.165) is 38.7 Å². The van der Waals surface area contributed by atoms with Gasteiger partial charge in [-0.15, -0.1) is 0 Å².